The molecule has 39 nitrogen and oxygen atoms in total. The second-order valence-electron chi connectivity index (χ2n) is 22.8. The van der Waals surface area contributed by atoms with Crippen molar-refractivity contribution in [2.24, 2.45) is 11.8 Å². The maximum absolute atomic E-state index is 12.5. The molecule has 104 heavy (non-hydrogen) atoms. The van der Waals surface area contributed by atoms with Gasteiger partial charge in [-0.3, -0.25) is 40.6 Å². The van der Waals surface area contributed by atoms with E-state index in [0.29, 0.717) is 36.7 Å². The number of nitrogens with two attached hydrogens (primary N) is 3. The van der Waals surface area contributed by atoms with Crippen LogP contribution in [-0.4, -0.2) is 207 Å². The maximum atomic E-state index is 12.5. The van der Waals surface area contributed by atoms with Crippen molar-refractivity contribution in [1.82, 2.24) is 72.7 Å². The third-order valence-electron chi connectivity index (χ3n) is 16.5. The van der Waals surface area contributed by atoms with Crippen LogP contribution in [-0.2, 0) is 67.3 Å². The Morgan fingerprint density at radius 1 is 0.442 bits per heavy atom. The number of ether oxygens (including phenoxy) is 3. The molecule has 42 heteroatoms. The Morgan fingerprint density at radius 3 is 1.11 bits per heavy atom. The highest BCUT2D eigenvalue weighted by Gasteiger charge is 2.48. The van der Waals surface area contributed by atoms with Gasteiger partial charge in [0.25, 0.3) is 5.91 Å². The highest BCUT2D eigenvalue weighted by atomic mass is 32.2. The summed E-state index contributed by atoms with van der Waals surface area (Å²) in [5.74, 6) is -2.43. The number of aliphatic hydroxyl groups is 6. The number of hydrogen-bond acceptors (Lipinski definition) is 33. The summed E-state index contributed by atoms with van der Waals surface area (Å²) < 4.78 is 114. The first-order valence-electron chi connectivity index (χ1n) is 33.7. The Balaban J connectivity index is 0.000000208. The van der Waals surface area contributed by atoms with E-state index in [1.54, 1.807) is 24.3 Å². The number of nitrogen functional groups attached to an aromatic ring is 3. The molecule has 3 saturated heterocycles. The molecule has 13 rings (SSSR count). The Morgan fingerprint density at radius 2 is 0.760 bits per heavy atom. The molecule has 0 unspecified atom stereocenters. The minimum absolute atomic E-state index is 0.120. The van der Waals surface area contributed by atoms with E-state index < -0.39 is 142 Å². The molecule has 8 aromatic rings. The molecular weight excluding hydrogens is 1430 g/mol. The number of amides is 3. The summed E-state index contributed by atoms with van der Waals surface area (Å²) in [4.78, 5) is 72.5. The molecule has 0 radical (unpaired) electrons. The summed E-state index contributed by atoms with van der Waals surface area (Å²) >= 11 is 0. The maximum Gasteiger partial charge on any atom is 0.362 e. The Labute approximate surface area is 599 Å². The van der Waals surface area contributed by atoms with Gasteiger partial charge in [-0.05, 0) is 48.6 Å². The van der Waals surface area contributed by atoms with E-state index in [2.05, 4.69) is 44.9 Å². The van der Waals surface area contributed by atoms with Crippen LogP contribution in [0.1, 0.15) is 142 Å². The minimum Gasteiger partial charge on any atom is -0.387 e. The van der Waals surface area contributed by atoms with Crippen LogP contribution in [0, 0.1) is 11.8 Å². The average Bonchev–Trinajstić information content (AvgIpc) is 1.63. The Kier molecular flexibility index (Phi) is 29.8. The molecule has 2 aromatic carbocycles. The van der Waals surface area contributed by atoms with Gasteiger partial charge >= 0.3 is 30.9 Å². The zero-order valence-corrected chi connectivity index (χ0v) is 60.7. The molecular formula is C62H90N18O21S3. The molecule has 572 valence electrons. The summed E-state index contributed by atoms with van der Waals surface area (Å²) in [6.45, 7) is 14.1. The standard InChI is InChI=1S/C21H20N6O7S.C17H24N6O7S.C16H22N6O7S.4C2H6/c22-18-15-19(24-9-23-18)27(10-25-15)21-17(29)16(28)14(34-21)8-33-35(31,32)26-20(30)13-6-5-11-3-1-2-4-12(11)7-13;18-14-11-15(20-7-19-14)23(8-21-11)17-13(25)12(24)10(30-17)6-29-31(27,28)22-16(26)9-4-2-1-3-5-9;17-13-10-14(19-6-18-13)22(7-20-10)16-12(24)11(23)9(29-16)5-28-30(26,27)21-15(25)8-3-1-2-4-8;4*1-2/h1-7,9-10,14,16-17,21,28-29H,8H2,(H,26,30)(H2,22,23,24);7-10,12-13,17,24-25H,1-6H2,(H,22,26)(H2,18,19,20);6-9,11-12,16,23-24H,1-5H2,(H,21,25)(H2,17,18,19);4*1-2H3/t14-,16-,17-,21-;10-,12-,13-,17-;9-,11-,12-,16-;;;;/m111..../s1. The number of benzene rings is 2. The van der Waals surface area contributed by atoms with Crippen molar-refractivity contribution in [3.8, 4) is 0 Å². The molecule has 0 spiro atoms. The first-order chi connectivity index (χ1) is 49.8. The number of anilines is 3. The molecule has 3 amide bonds. The van der Waals surface area contributed by atoms with E-state index in [1.807, 2.05) is 81.7 Å². The third-order valence-corrected chi connectivity index (χ3v) is 19.2. The summed E-state index contributed by atoms with van der Waals surface area (Å²) in [5.41, 5.74) is 19.0. The van der Waals surface area contributed by atoms with Gasteiger partial charge < -0.3 is 62.1 Å². The minimum atomic E-state index is -4.55. The van der Waals surface area contributed by atoms with Gasteiger partial charge in [-0.15, -0.1) is 0 Å². The van der Waals surface area contributed by atoms with Gasteiger partial charge in [0.05, 0.1) is 38.8 Å². The normalized spacial score (nSPS) is 24.0. The van der Waals surface area contributed by atoms with Gasteiger partial charge in [0.2, 0.25) is 11.8 Å². The fourth-order valence-electron chi connectivity index (χ4n) is 11.5. The molecule has 6 aromatic heterocycles. The quantitative estimate of drug-likeness (QED) is 0.0580. The van der Waals surface area contributed by atoms with Crippen LogP contribution in [0.2, 0.25) is 0 Å². The number of aromatic nitrogens is 12. The second-order valence-corrected chi connectivity index (χ2v) is 26.9. The number of rotatable bonds is 18. The van der Waals surface area contributed by atoms with Crippen molar-refractivity contribution in [2.75, 3.05) is 37.0 Å². The van der Waals surface area contributed by atoms with Crippen LogP contribution in [0.3, 0.4) is 0 Å². The highest BCUT2D eigenvalue weighted by molar-refractivity contribution is 7.85. The molecule has 3 aliphatic heterocycles. The number of nitrogens with zero attached hydrogens (tertiary/aromatic N) is 12. The summed E-state index contributed by atoms with van der Waals surface area (Å²) in [6, 6.07) is 12.0. The predicted molar refractivity (Wildman–Crippen MR) is 373 cm³/mol. The molecule has 9 heterocycles. The number of carbonyl (C=O) groups excluding carboxylic acids is 3. The number of nitrogens with one attached hydrogen (secondary N) is 3. The SMILES string of the molecule is CC.CC.CC.CC.Nc1ncnc2c1ncn2[C@@H]1O[C@H](COS(=O)(=O)NC(=O)C2CCCC2)[C@@H](O)[C@H]1O.Nc1ncnc2c1ncn2[C@@H]1O[C@H](COS(=O)(=O)NC(=O)C2CCCCC2)[C@@H](O)[C@H]1O.Nc1ncnc2c1ncn2[C@@H]1O[C@H](COS(=O)(=O)NC(=O)c2ccc3ccccc3c2)[C@@H](O)[C@H]1O. The number of hydrogen-bond donors (Lipinski definition) is 12. The molecule has 15 N–H and O–H groups in total. The molecule has 12 atom stereocenters. The van der Waals surface area contributed by atoms with Gasteiger partial charge in [0, 0.05) is 17.4 Å². The van der Waals surface area contributed by atoms with Gasteiger partial charge in [-0.1, -0.05) is 118 Å². The van der Waals surface area contributed by atoms with E-state index in [9.17, 15) is 70.3 Å². The summed E-state index contributed by atoms with van der Waals surface area (Å²) in [5, 5.41) is 63.9. The number of fused-ring (bicyclic) bond motifs is 4. The lowest BCUT2D eigenvalue weighted by atomic mass is 9.89. The lowest BCUT2D eigenvalue weighted by Gasteiger charge is -2.21. The van der Waals surface area contributed by atoms with E-state index in [4.69, 9.17) is 44.0 Å². The van der Waals surface area contributed by atoms with Crippen molar-refractivity contribution in [3.63, 3.8) is 0 Å². The van der Waals surface area contributed by atoms with Crippen LogP contribution in [0.4, 0.5) is 17.5 Å². The Hall–Kier alpha value is -8.47. The summed E-state index contributed by atoms with van der Waals surface area (Å²) in [7, 11) is -13.3. The van der Waals surface area contributed by atoms with Crippen molar-refractivity contribution in [1.29, 1.82) is 0 Å². The van der Waals surface area contributed by atoms with Crippen molar-refractivity contribution in [2.45, 2.75) is 187 Å². The fraction of sp³-hybridized carbons (Fsp3) is 0.548. The molecule has 0 bridgehead atoms. The van der Waals surface area contributed by atoms with E-state index in [0.717, 1.165) is 42.9 Å². The van der Waals surface area contributed by atoms with Gasteiger partial charge in [0.1, 0.15) is 90.5 Å². The highest BCUT2D eigenvalue weighted by Crippen LogP contribution is 2.36. The molecule has 5 fully saturated rings. The third kappa shape index (κ3) is 19.9. The number of aliphatic hydroxyl groups excluding tert-OH is 6. The monoisotopic (exact) mass is 1520 g/mol. The predicted octanol–water partition coefficient (Wildman–Crippen LogP) is 1.56. The fourth-order valence-corrected chi connectivity index (χ4v) is 13.8. The molecule has 5 aliphatic rings. The van der Waals surface area contributed by atoms with Crippen LogP contribution >= 0.6 is 0 Å². The van der Waals surface area contributed by atoms with Crippen LogP contribution in [0.15, 0.2) is 80.4 Å². The average molecular weight is 1520 g/mol. The lowest BCUT2D eigenvalue weighted by Crippen LogP contribution is -2.40. The Bertz CT molecular complexity index is 4510. The smallest absolute Gasteiger partial charge is 0.362 e. The van der Waals surface area contributed by atoms with E-state index >= 15 is 0 Å². The lowest BCUT2D eigenvalue weighted by molar-refractivity contribution is -0.124. The van der Waals surface area contributed by atoms with Crippen LogP contribution in [0.25, 0.3) is 44.3 Å². The van der Waals surface area contributed by atoms with Crippen LogP contribution in [0.5, 0.6) is 0 Å². The van der Waals surface area contributed by atoms with Crippen molar-refractivity contribution >= 4 is 110 Å². The first-order valence-corrected chi connectivity index (χ1v) is 38.0. The van der Waals surface area contributed by atoms with E-state index in [1.165, 1.54) is 57.7 Å². The first kappa shape index (κ1) is 82.8. The van der Waals surface area contributed by atoms with E-state index in [-0.39, 0.29) is 57.3 Å². The molecule has 2 saturated carbocycles. The van der Waals surface area contributed by atoms with Crippen molar-refractivity contribution < 1.29 is 97.0 Å². The topological polar surface area (TPSA) is 575 Å². The summed E-state index contributed by atoms with van der Waals surface area (Å²) in [6.07, 6.45) is -1.01. The van der Waals surface area contributed by atoms with Gasteiger partial charge in [-0.2, -0.15) is 25.3 Å². The number of carbonyl (C=O) groups is 3. The second kappa shape index (κ2) is 37.5. The zero-order valence-electron chi connectivity index (χ0n) is 58.2. The number of imidazole rings is 3. The van der Waals surface area contributed by atoms with Gasteiger partial charge in [0.15, 0.2) is 53.1 Å². The zero-order chi connectivity index (χ0) is 76.4. The van der Waals surface area contributed by atoms with Gasteiger partial charge in [-0.25, -0.2) is 59.0 Å². The largest absolute Gasteiger partial charge is 0.387 e. The molecule has 2 aliphatic carbocycles. The van der Waals surface area contributed by atoms with Crippen LogP contribution < -0.4 is 31.4 Å². The van der Waals surface area contributed by atoms with Crippen molar-refractivity contribution in [3.05, 3.63) is 86.0 Å².